The molecule has 0 aliphatic rings. The fourth-order valence-corrected chi connectivity index (χ4v) is 4.55. The first kappa shape index (κ1) is 20.3. The van der Waals surface area contributed by atoms with E-state index < -0.39 is 18.4 Å². The number of amides is 1. The number of benzene rings is 1. The normalized spacial score (nSPS) is 11.2. The van der Waals surface area contributed by atoms with Gasteiger partial charge in [-0.15, -0.1) is 11.3 Å². The minimum Gasteiger partial charge on any atom is -0.465 e. The van der Waals surface area contributed by atoms with Crippen LogP contribution in [0.25, 0.3) is 11.0 Å². The predicted octanol–water partition coefficient (Wildman–Crippen LogP) is 4.63. The molecule has 0 radical (unpaired) electrons. The lowest BCUT2D eigenvalue weighted by Gasteiger charge is -2.08. The van der Waals surface area contributed by atoms with Gasteiger partial charge in [0.1, 0.15) is 5.00 Å². The number of aryl methyl sites for hydroxylation is 1. The zero-order valence-electron chi connectivity index (χ0n) is 15.3. The highest BCUT2D eigenvalue weighted by Gasteiger charge is 2.23. The first-order valence-electron chi connectivity index (χ1n) is 8.19. The number of methoxy groups -OCH3 is 1. The van der Waals surface area contributed by atoms with Gasteiger partial charge in [0, 0.05) is 4.88 Å². The molecule has 1 amide bonds. The number of thiophene rings is 1. The standard InChI is InChI=1S/C18H17F2N3O3S2/c1-9-10(2)28-15(14(9)16(25)26-3)22-13(24)8-27-18-21-11-6-4-5-7-12(11)23(18)17(19)20/h4-7,17H,8H2,1-3H3,(H,22,24). The van der Waals surface area contributed by atoms with Gasteiger partial charge in [-0.2, -0.15) is 8.78 Å². The second kappa shape index (κ2) is 8.27. The topological polar surface area (TPSA) is 73.2 Å². The summed E-state index contributed by atoms with van der Waals surface area (Å²) in [5, 5.41) is 3.11. The Morgan fingerprint density at radius 1 is 1.32 bits per heavy atom. The van der Waals surface area contributed by atoms with Crippen LogP contribution in [0.5, 0.6) is 0 Å². The summed E-state index contributed by atoms with van der Waals surface area (Å²) < 4.78 is 32.5. The van der Waals surface area contributed by atoms with E-state index in [9.17, 15) is 18.4 Å². The van der Waals surface area contributed by atoms with E-state index in [0.717, 1.165) is 26.8 Å². The van der Waals surface area contributed by atoms with Crippen molar-refractivity contribution in [2.45, 2.75) is 25.6 Å². The number of nitrogens with zero attached hydrogens (tertiary/aromatic N) is 2. The molecule has 2 heterocycles. The first-order chi connectivity index (χ1) is 13.3. The van der Waals surface area contributed by atoms with E-state index >= 15 is 0 Å². The lowest BCUT2D eigenvalue weighted by molar-refractivity contribution is -0.113. The quantitative estimate of drug-likeness (QED) is 0.461. The summed E-state index contributed by atoms with van der Waals surface area (Å²) in [4.78, 5) is 29.4. The van der Waals surface area contributed by atoms with Crippen molar-refractivity contribution in [1.29, 1.82) is 0 Å². The number of para-hydroxylation sites is 2. The van der Waals surface area contributed by atoms with E-state index in [0.29, 0.717) is 21.6 Å². The number of aromatic nitrogens is 2. The number of ether oxygens (including phenoxy) is 1. The SMILES string of the molecule is COC(=O)c1c(NC(=O)CSc2nc3ccccc3n2C(F)F)sc(C)c1C. The molecule has 6 nitrogen and oxygen atoms in total. The Hall–Kier alpha value is -2.46. The molecule has 0 saturated carbocycles. The van der Waals surface area contributed by atoms with Gasteiger partial charge in [-0.25, -0.2) is 9.78 Å². The van der Waals surface area contributed by atoms with Gasteiger partial charge in [0.15, 0.2) is 5.16 Å². The number of esters is 1. The summed E-state index contributed by atoms with van der Waals surface area (Å²) in [6.07, 6.45) is 0. The van der Waals surface area contributed by atoms with E-state index in [1.807, 2.05) is 6.92 Å². The number of rotatable bonds is 6. The van der Waals surface area contributed by atoms with Crippen LogP contribution >= 0.6 is 23.1 Å². The number of anilines is 1. The van der Waals surface area contributed by atoms with Crippen LogP contribution in [0.15, 0.2) is 29.4 Å². The van der Waals surface area contributed by atoms with Crippen LogP contribution < -0.4 is 5.32 Å². The monoisotopic (exact) mass is 425 g/mol. The molecule has 10 heteroatoms. The molecule has 0 bridgehead atoms. The number of thioether (sulfide) groups is 1. The minimum atomic E-state index is -2.77. The molecular formula is C18H17F2N3O3S2. The zero-order chi connectivity index (χ0) is 20.4. The molecule has 0 aliphatic heterocycles. The molecule has 1 aromatic carbocycles. The van der Waals surface area contributed by atoms with Crippen LogP contribution in [-0.4, -0.2) is 34.3 Å². The average molecular weight is 425 g/mol. The highest BCUT2D eigenvalue weighted by molar-refractivity contribution is 7.99. The van der Waals surface area contributed by atoms with Gasteiger partial charge in [-0.1, -0.05) is 23.9 Å². The van der Waals surface area contributed by atoms with Crippen LogP contribution in [0.3, 0.4) is 0 Å². The number of hydrogen-bond acceptors (Lipinski definition) is 6. The second-order valence-electron chi connectivity index (χ2n) is 5.85. The molecular weight excluding hydrogens is 408 g/mol. The maximum absolute atomic E-state index is 13.4. The Morgan fingerprint density at radius 2 is 2.04 bits per heavy atom. The summed E-state index contributed by atoms with van der Waals surface area (Å²) in [6.45, 7) is 0.835. The summed E-state index contributed by atoms with van der Waals surface area (Å²) in [5.41, 5.74) is 1.78. The fraction of sp³-hybridized carbons (Fsp3) is 0.278. The Kier molecular flexibility index (Phi) is 5.99. The number of imidazole rings is 1. The smallest absolute Gasteiger partial charge is 0.341 e. The number of alkyl halides is 2. The molecule has 0 aliphatic carbocycles. The summed E-state index contributed by atoms with van der Waals surface area (Å²) >= 11 is 2.17. The Bertz CT molecular complexity index is 1050. The van der Waals surface area contributed by atoms with Crippen molar-refractivity contribution in [2.24, 2.45) is 0 Å². The molecule has 0 saturated heterocycles. The van der Waals surface area contributed by atoms with Gasteiger partial charge in [-0.3, -0.25) is 9.36 Å². The largest absolute Gasteiger partial charge is 0.465 e. The number of carbonyl (C=O) groups is 2. The molecule has 0 atom stereocenters. The lowest BCUT2D eigenvalue weighted by Crippen LogP contribution is -2.16. The lowest BCUT2D eigenvalue weighted by atomic mass is 10.1. The van der Waals surface area contributed by atoms with Crippen molar-refractivity contribution in [2.75, 3.05) is 18.2 Å². The second-order valence-corrected chi connectivity index (χ2v) is 8.01. The van der Waals surface area contributed by atoms with Crippen molar-refractivity contribution in [3.8, 4) is 0 Å². The summed E-state index contributed by atoms with van der Waals surface area (Å²) in [6, 6.07) is 6.55. The Balaban J connectivity index is 1.77. The Morgan fingerprint density at radius 3 is 2.71 bits per heavy atom. The predicted molar refractivity (Wildman–Crippen MR) is 105 cm³/mol. The van der Waals surface area contributed by atoms with Gasteiger partial charge in [0.2, 0.25) is 5.91 Å². The molecule has 148 valence electrons. The summed E-state index contributed by atoms with van der Waals surface area (Å²) in [5.74, 6) is -1.10. The van der Waals surface area contributed by atoms with Gasteiger partial charge in [-0.05, 0) is 31.5 Å². The van der Waals surface area contributed by atoms with Gasteiger partial charge in [0.05, 0.1) is 29.5 Å². The third kappa shape index (κ3) is 3.88. The molecule has 0 unspecified atom stereocenters. The molecule has 1 N–H and O–H groups in total. The van der Waals surface area contributed by atoms with Crippen molar-refractivity contribution >= 4 is 51.0 Å². The number of carbonyl (C=O) groups excluding carboxylic acids is 2. The van der Waals surface area contributed by atoms with Crippen LogP contribution in [0.2, 0.25) is 0 Å². The van der Waals surface area contributed by atoms with E-state index in [1.54, 1.807) is 31.2 Å². The van der Waals surface area contributed by atoms with Crippen LogP contribution in [0.1, 0.15) is 27.3 Å². The number of fused-ring (bicyclic) bond motifs is 1. The third-order valence-electron chi connectivity index (χ3n) is 4.12. The summed E-state index contributed by atoms with van der Waals surface area (Å²) in [7, 11) is 1.27. The van der Waals surface area contributed by atoms with Crippen molar-refractivity contribution < 1.29 is 23.1 Å². The minimum absolute atomic E-state index is 0.0538. The molecule has 28 heavy (non-hydrogen) atoms. The highest BCUT2D eigenvalue weighted by atomic mass is 32.2. The van der Waals surface area contributed by atoms with Gasteiger partial charge < -0.3 is 10.1 Å². The third-order valence-corrected chi connectivity index (χ3v) is 6.19. The fourth-order valence-electron chi connectivity index (χ4n) is 2.67. The van der Waals surface area contributed by atoms with Gasteiger partial charge in [0.25, 0.3) is 0 Å². The Labute approximate surface area is 167 Å². The molecule has 3 aromatic rings. The number of nitrogens with one attached hydrogen (secondary N) is 1. The van der Waals surface area contributed by atoms with E-state index in [-0.39, 0.29) is 10.9 Å². The van der Waals surface area contributed by atoms with Crippen molar-refractivity contribution in [1.82, 2.24) is 9.55 Å². The van der Waals surface area contributed by atoms with Crippen LogP contribution in [0, 0.1) is 13.8 Å². The van der Waals surface area contributed by atoms with E-state index in [2.05, 4.69) is 10.3 Å². The zero-order valence-corrected chi connectivity index (χ0v) is 16.9. The van der Waals surface area contributed by atoms with Crippen LogP contribution in [-0.2, 0) is 9.53 Å². The van der Waals surface area contributed by atoms with Crippen molar-refractivity contribution in [3.63, 3.8) is 0 Å². The molecule has 0 fully saturated rings. The molecule has 2 aromatic heterocycles. The highest BCUT2D eigenvalue weighted by Crippen LogP contribution is 2.34. The molecule has 0 spiro atoms. The van der Waals surface area contributed by atoms with E-state index in [4.69, 9.17) is 4.74 Å². The maximum Gasteiger partial charge on any atom is 0.341 e. The first-order valence-corrected chi connectivity index (χ1v) is 9.99. The number of halogens is 2. The average Bonchev–Trinajstić information content (AvgIpc) is 3.16. The number of hydrogen-bond donors (Lipinski definition) is 1. The van der Waals surface area contributed by atoms with Gasteiger partial charge >= 0.3 is 12.5 Å². The molecule has 3 rings (SSSR count). The van der Waals surface area contributed by atoms with Crippen molar-refractivity contribution in [3.05, 3.63) is 40.3 Å². The maximum atomic E-state index is 13.4. The van der Waals surface area contributed by atoms with E-state index in [1.165, 1.54) is 18.4 Å². The van der Waals surface area contributed by atoms with Crippen LogP contribution in [0.4, 0.5) is 13.8 Å².